The Morgan fingerprint density at radius 1 is 1.30 bits per heavy atom. The number of amides is 1. The Bertz CT molecular complexity index is 662. The van der Waals surface area contributed by atoms with E-state index in [1.807, 2.05) is 0 Å². The number of nitrogens with one attached hydrogen (secondary N) is 1. The normalized spacial score (nSPS) is 12.6. The molecule has 2 aromatic heterocycles. The summed E-state index contributed by atoms with van der Waals surface area (Å²) >= 11 is 0. The van der Waals surface area contributed by atoms with E-state index in [9.17, 15) is 4.79 Å². The van der Waals surface area contributed by atoms with Crippen molar-refractivity contribution in [3.63, 3.8) is 0 Å². The largest absolute Gasteiger partial charge is 0.480 e. The SMILES string of the molecule is COc1ccc(-n2ncnc2[C@H](C)NC(=O)OC(C)(C)C)nn1. The van der Waals surface area contributed by atoms with Gasteiger partial charge in [0.15, 0.2) is 11.6 Å². The summed E-state index contributed by atoms with van der Waals surface area (Å²) in [6.07, 6.45) is 0.856. The summed E-state index contributed by atoms with van der Waals surface area (Å²) in [6.45, 7) is 7.17. The zero-order chi connectivity index (χ0) is 17.0. The van der Waals surface area contributed by atoms with Crippen LogP contribution in [0.1, 0.15) is 39.6 Å². The Hall–Kier alpha value is -2.71. The third-order valence-electron chi connectivity index (χ3n) is 2.75. The van der Waals surface area contributed by atoms with E-state index in [0.717, 1.165) is 0 Å². The summed E-state index contributed by atoms with van der Waals surface area (Å²) in [6, 6.07) is 2.94. The molecule has 0 saturated carbocycles. The third kappa shape index (κ3) is 4.38. The van der Waals surface area contributed by atoms with Crippen molar-refractivity contribution in [3.8, 4) is 11.7 Å². The lowest BCUT2D eigenvalue weighted by Crippen LogP contribution is -2.35. The minimum Gasteiger partial charge on any atom is -0.480 e. The van der Waals surface area contributed by atoms with Gasteiger partial charge in [-0.05, 0) is 33.8 Å². The van der Waals surface area contributed by atoms with Gasteiger partial charge in [0.2, 0.25) is 5.88 Å². The van der Waals surface area contributed by atoms with Gasteiger partial charge in [0.05, 0.1) is 13.2 Å². The van der Waals surface area contributed by atoms with Crippen LogP contribution in [0.3, 0.4) is 0 Å². The molecule has 0 aromatic carbocycles. The van der Waals surface area contributed by atoms with Gasteiger partial charge in [0.25, 0.3) is 0 Å². The lowest BCUT2D eigenvalue weighted by molar-refractivity contribution is 0.0505. The van der Waals surface area contributed by atoms with Gasteiger partial charge in [-0.25, -0.2) is 9.78 Å². The van der Waals surface area contributed by atoms with Crippen molar-refractivity contribution in [2.24, 2.45) is 0 Å². The molecule has 1 N–H and O–H groups in total. The van der Waals surface area contributed by atoms with E-state index in [-0.39, 0.29) is 0 Å². The molecule has 124 valence electrons. The zero-order valence-electron chi connectivity index (χ0n) is 13.8. The second-order valence-electron chi connectivity index (χ2n) is 5.83. The fourth-order valence-corrected chi connectivity index (χ4v) is 1.81. The lowest BCUT2D eigenvalue weighted by Gasteiger charge is -2.21. The Morgan fingerprint density at radius 2 is 2.04 bits per heavy atom. The van der Waals surface area contributed by atoms with Gasteiger partial charge in [0.1, 0.15) is 11.9 Å². The molecule has 0 bridgehead atoms. The number of ether oxygens (including phenoxy) is 2. The molecule has 0 fully saturated rings. The second-order valence-corrected chi connectivity index (χ2v) is 5.83. The first-order valence-corrected chi connectivity index (χ1v) is 7.07. The summed E-state index contributed by atoms with van der Waals surface area (Å²) in [5, 5.41) is 14.7. The number of nitrogens with zero attached hydrogens (tertiary/aromatic N) is 5. The zero-order valence-corrected chi connectivity index (χ0v) is 13.8. The summed E-state index contributed by atoms with van der Waals surface area (Å²) in [5.74, 6) is 1.38. The van der Waals surface area contributed by atoms with Crippen molar-refractivity contribution in [1.82, 2.24) is 30.3 Å². The molecule has 1 amide bonds. The molecule has 1 atom stereocenters. The van der Waals surface area contributed by atoms with Gasteiger partial charge in [-0.3, -0.25) is 0 Å². The molecule has 0 aliphatic carbocycles. The molecule has 9 heteroatoms. The molecular weight excluding hydrogens is 300 g/mol. The van der Waals surface area contributed by atoms with E-state index in [1.165, 1.54) is 18.1 Å². The maximum absolute atomic E-state index is 11.9. The summed E-state index contributed by atoms with van der Waals surface area (Å²) < 4.78 is 11.7. The molecule has 9 nitrogen and oxygen atoms in total. The Labute approximate surface area is 134 Å². The van der Waals surface area contributed by atoms with Crippen molar-refractivity contribution in [2.45, 2.75) is 39.3 Å². The van der Waals surface area contributed by atoms with Crippen LogP contribution in [0.25, 0.3) is 5.82 Å². The fraction of sp³-hybridized carbons (Fsp3) is 0.500. The van der Waals surface area contributed by atoms with E-state index in [0.29, 0.717) is 17.5 Å². The first kappa shape index (κ1) is 16.7. The molecule has 23 heavy (non-hydrogen) atoms. The number of carbonyl (C=O) groups is 1. The minimum atomic E-state index is -0.571. The first-order valence-electron chi connectivity index (χ1n) is 7.07. The van der Waals surface area contributed by atoms with Crippen molar-refractivity contribution >= 4 is 6.09 Å². The van der Waals surface area contributed by atoms with Crippen LogP contribution in [0, 0.1) is 0 Å². The number of rotatable bonds is 4. The van der Waals surface area contributed by atoms with Crippen LogP contribution in [-0.4, -0.2) is 43.8 Å². The van der Waals surface area contributed by atoms with E-state index in [1.54, 1.807) is 39.8 Å². The monoisotopic (exact) mass is 320 g/mol. The van der Waals surface area contributed by atoms with Crippen molar-refractivity contribution < 1.29 is 14.3 Å². The van der Waals surface area contributed by atoms with Gasteiger partial charge in [-0.2, -0.15) is 9.78 Å². The molecule has 0 spiro atoms. The van der Waals surface area contributed by atoms with Gasteiger partial charge in [-0.15, -0.1) is 10.2 Å². The molecule has 2 aromatic rings. The molecule has 0 unspecified atom stereocenters. The molecule has 0 aliphatic heterocycles. The summed E-state index contributed by atoms with van der Waals surface area (Å²) in [4.78, 5) is 16.0. The number of methoxy groups -OCH3 is 1. The van der Waals surface area contributed by atoms with E-state index >= 15 is 0 Å². The topological polar surface area (TPSA) is 104 Å². The van der Waals surface area contributed by atoms with Crippen LogP contribution >= 0.6 is 0 Å². The molecule has 0 aliphatic rings. The standard InChI is InChI=1S/C14H20N6O3/c1-9(17-13(21)23-14(2,3)4)12-15-8-16-20(12)10-6-7-11(22-5)19-18-10/h6-9H,1-5H3,(H,17,21)/t9-/m0/s1. The molecule has 2 rings (SSSR count). The first-order chi connectivity index (χ1) is 10.8. The molecule has 0 radical (unpaired) electrons. The van der Waals surface area contributed by atoms with E-state index < -0.39 is 17.7 Å². The number of aromatic nitrogens is 5. The number of hydrogen-bond acceptors (Lipinski definition) is 7. The molecular formula is C14H20N6O3. The fourth-order valence-electron chi connectivity index (χ4n) is 1.81. The quantitative estimate of drug-likeness (QED) is 0.913. The number of hydrogen-bond donors (Lipinski definition) is 1. The maximum atomic E-state index is 11.9. The predicted molar refractivity (Wildman–Crippen MR) is 81.3 cm³/mol. The Balaban J connectivity index is 2.14. The van der Waals surface area contributed by atoms with Crippen molar-refractivity contribution in [2.75, 3.05) is 7.11 Å². The number of carbonyl (C=O) groups excluding carboxylic acids is 1. The van der Waals surface area contributed by atoms with Crippen LogP contribution < -0.4 is 10.1 Å². The lowest BCUT2D eigenvalue weighted by atomic mass is 10.2. The molecule has 0 saturated heterocycles. The van der Waals surface area contributed by atoms with Crippen LogP contribution in [0.2, 0.25) is 0 Å². The van der Waals surface area contributed by atoms with Crippen LogP contribution in [-0.2, 0) is 4.74 Å². The van der Waals surface area contributed by atoms with Gasteiger partial charge >= 0.3 is 6.09 Å². The van der Waals surface area contributed by atoms with Crippen LogP contribution in [0.5, 0.6) is 5.88 Å². The average Bonchev–Trinajstić information content (AvgIpc) is 2.94. The van der Waals surface area contributed by atoms with Crippen LogP contribution in [0.15, 0.2) is 18.5 Å². The third-order valence-corrected chi connectivity index (χ3v) is 2.75. The maximum Gasteiger partial charge on any atom is 0.408 e. The van der Waals surface area contributed by atoms with Gasteiger partial charge < -0.3 is 14.8 Å². The highest BCUT2D eigenvalue weighted by molar-refractivity contribution is 5.68. The highest BCUT2D eigenvalue weighted by Gasteiger charge is 2.21. The minimum absolute atomic E-state index is 0.398. The van der Waals surface area contributed by atoms with E-state index in [4.69, 9.17) is 9.47 Å². The van der Waals surface area contributed by atoms with Gasteiger partial charge in [0, 0.05) is 6.07 Å². The Morgan fingerprint density at radius 3 is 2.61 bits per heavy atom. The summed E-state index contributed by atoms with van der Waals surface area (Å²) in [7, 11) is 1.51. The molecule has 2 heterocycles. The van der Waals surface area contributed by atoms with Crippen LogP contribution in [0.4, 0.5) is 4.79 Å². The highest BCUT2D eigenvalue weighted by Crippen LogP contribution is 2.15. The Kier molecular flexibility index (Phi) is 4.77. The van der Waals surface area contributed by atoms with E-state index in [2.05, 4.69) is 25.6 Å². The van der Waals surface area contributed by atoms with Gasteiger partial charge in [-0.1, -0.05) is 0 Å². The average molecular weight is 320 g/mol. The second kappa shape index (κ2) is 6.59. The van der Waals surface area contributed by atoms with Crippen molar-refractivity contribution in [1.29, 1.82) is 0 Å². The smallest absolute Gasteiger partial charge is 0.408 e. The number of alkyl carbamates (subject to hydrolysis) is 1. The highest BCUT2D eigenvalue weighted by atomic mass is 16.6. The predicted octanol–water partition coefficient (Wildman–Crippen LogP) is 1.65. The van der Waals surface area contributed by atoms with Crippen molar-refractivity contribution in [3.05, 3.63) is 24.3 Å². The summed E-state index contributed by atoms with van der Waals surface area (Å²) in [5.41, 5.74) is -0.571.